The number of nitrogens with zero attached hydrogens (tertiary/aromatic N) is 1. The minimum atomic E-state index is -0.978. The van der Waals surface area contributed by atoms with Gasteiger partial charge in [0.1, 0.15) is 29.1 Å². The fourth-order valence-electron chi connectivity index (χ4n) is 5.35. The van der Waals surface area contributed by atoms with Crippen LogP contribution in [-0.4, -0.2) is 0 Å². The molecule has 1 fully saturated rings. The van der Waals surface area contributed by atoms with E-state index in [1.54, 1.807) is 12.1 Å². The van der Waals surface area contributed by atoms with Crippen LogP contribution in [0.4, 0.5) is 13.2 Å². The van der Waals surface area contributed by atoms with Crippen LogP contribution in [0.5, 0.6) is 0 Å². The number of hydrogen-bond donors (Lipinski definition) is 0. The Balaban J connectivity index is 1.39. The zero-order chi connectivity index (χ0) is 25.5. The zero-order valence-corrected chi connectivity index (χ0v) is 20.8. The number of hydrogen-bond acceptors (Lipinski definition) is 1. The molecule has 4 heteroatoms. The van der Waals surface area contributed by atoms with Crippen molar-refractivity contribution in [1.82, 2.24) is 0 Å². The van der Waals surface area contributed by atoms with E-state index in [4.69, 9.17) is 5.26 Å². The smallest absolute Gasteiger partial charge is 0.146 e. The van der Waals surface area contributed by atoms with E-state index >= 15 is 4.39 Å². The topological polar surface area (TPSA) is 23.8 Å². The van der Waals surface area contributed by atoms with Gasteiger partial charge in [0.05, 0.1) is 5.56 Å². The highest BCUT2D eigenvalue weighted by molar-refractivity contribution is 5.85. The maximum absolute atomic E-state index is 15.1. The molecule has 0 radical (unpaired) electrons. The molecule has 4 rings (SSSR count). The Morgan fingerprint density at radius 2 is 1.53 bits per heavy atom. The van der Waals surface area contributed by atoms with Crippen molar-refractivity contribution in [3.05, 3.63) is 82.2 Å². The molecule has 3 aromatic rings. The lowest BCUT2D eigenvalue weighted by Crippen LogP contribution is -2.15. The molecule has 0 aliphatic heterocycles. The molecule has 1 aliphatic rings. The van der Waals surface area contributed by atoms with Gasteiger partial charge in [-0.2, -0.15) is 5.26 Å². The Kier molecular flexibility index (Phi) is 8.71. The molecular weight excluding hydrogens is 455 g/mol. The summed E-state index contributed by atoms with van der Waals surface area (Å²) in [5, 5.41) is 10.1. The first kappa shape index (κ1) is 25.8. The molecule has 0 spiro atoms. The first-order valence-corrected chi connectivity index (χ1v) is 13.1. The van der Waals surface area contributed by atoms with Gasteiger partial charge in [-0.3, -0.25) is 0 Å². The van der Waals surface area contributed by atoms with Crippen molar-refractivity contribution in [2.45, 2.75) is 71.1 Å². The number of aryl methyl sites for hydroxylation is 1. The first-order valence-electron chi connectivity index (χ1n) is 13.1. The third kappa shape index (κ3) is 6.30. The standard InChI is InChI=1S/C32H32F3N/c1-2-3-4-5-22-6-8-23(9-7-22)10-11-24-13-17-28-27(18-24)16-15-26(32(28)35)14-12-25-19-30(33)29(21-36)31(34)20-25/h13,15-20,22-23H,2-11H2,1H3. The van der Waals surface area contributed by atoms with Gasteiger partial charge in [-0.25, -0.2) is 13.2 Å². The molecule has 0 aromatic heterocycles. The number of benzene rings is 3. The van der Waals surface area contributed by atoms with Gasteiger partial charge in [0.25, 0.3) is 0 Å². The summed E-state index contributed by atoms with van der Waals surface area (Å²) in [6, 6.07) is 12.7. The van der Waals surface area contributed by atoms with E-state index in [2.05, 4.69) is 24.8 Å². The lowest BCUT2D eigenvalue weighted by atomic mass is 9.77. The third-order valence-corrected chi connectivity index (χ3v) is 7.54. The fraction of sp³-hybridized carbons (Fsp3) is 0.406. The van der Waals surface area contributed by atoms with Gasteiger partial charge in [0, 0.05) is 10.9 Å². The molecule has 0 unspecified atom stereocenters. The molecule has 0 saturated heterocycles. The van der Waals surface area contributed by atoms with Gasteiger partial charge in [0.15, 0.2) is 0 Å². The lowest BCUT2D eigenvalue weighted by Gasteiger charge is -2.28. The van der Waals surface area contributed by atoms with Gasteiger partial charge >= 0.3 is 0 Å². The van der Waals surface area contributed by atoms with Crippen molar-refractivity contribution in [3.8, 4) is 17.9 Å². The number of rotatable bonds is 7. The predicted octanol–water partition coefficient (Wildman–Crippen LogP) is 8.85. The van der Waals surface area contributed by atoms with Gasteiger partial charge < -0.3 is 0 Å². The summed E-state index contributed by atoms with van der Waals surface area (Å²) in [6.07, 6.45) is 13.0. The second-order valence-corrected chi connectivity index (χ2v) is 10.1. The maximum atomic E-state index is 15.1. The van der Waals surface area contributed by atoms with E-state index in [1.165, 1.54) is 69.4 Å². The summed E-state index contributed by atoms with van der Waals surface area (Å²) >= 11 is 0. The highest BCUT2D eigenvalue weighted by Gasteiger charge is 2.20. The number of fused-ring (bicyclic) bond motifs is 1. The Morgan fingerprint density at radius 1 is 0.833 bits per heavy atom. The SMILES string of the molecule is CCCCCC1CCC(CCc2ccc3c(F)c(C#Cc4cc(F)c(C#N)c(F)c4)ccc3c2)CC1. The minimum absolute atomic E-state index is 0.0498. The van der Waals surface area contributed by atoms with Crippen molar-refractivity contribution < 1.29 is 13.2 Å². The zero-order valence-electron chi connectivity index (χ0n) is 20.8. The van der Waals surface area contributed by atoms with Gasteiger partial charge in [0.2, 0.25) is 0 Å². The minimum Gasteiger partial charge on any atom is -0.205 e. The number of unbranched alkanes of at least 4 members (excludes halogenated alkanes) is 2. The van der Waals surface area contributed by atoms with Crippen LogP contribution in [-0.2, 0) is 6.42 Å². The van der Waals surface area contributed by atoms with E-state index in [1.807, 2.05) is 12.1 Å². The molecule has 186 valence electrons. The second-order valence-electron chi connectivity index (χ2n) is 10.1. The summed E-state index contributed by atoms with van der Waals surface area (Å²) in [5.74, 6) is 4.59. The molecule has 36 heavy (non-hydrogen) atoms. The van der Waals surface area contributed by atoms with Crippen molar-refractivity contribution >= 4 is 10.8 Å². The van der Waals surface area contributed by atoms with Crippen LogP contribution in [0.25, 0.3) is 10.8 Å². The maximum Gasteiger partial charge on any atom is 0.146 e. The van der Waals surface area contributed by atoms with Crippen LogP contribution in [0, 0.1) is 52.5 Å². The van der Waals surface area contributed by atoms with E-state index in [0.717, 1.165) is 35.8 Å². The van der Waals surface area contributed by atoms with Crippen LogP contribution in [0.1, 0.15) is 87.0 Å². The fourth-order valence-corrected chi connectivity index (χ4v) is 5.35. The lowest BCUT2D eigenvalue weighted by molar-refractivity contribution is 0.249. The van der Waals surface area contributed by atoms with Crippen molar-refractivity contribution in [1.29, 1.82) is 5.26 Å². The van der Waals surface area contributed by atoms with Crippen LogP contribution in [0.15, 0.2) is 42.5 Å². The van der Waals surface area contributed by atoms with Gasteiger partial charge in [-0.1, -0.05) is 94.4 Å². The Morgan fingerprint density at radius 3 is 2.19 bits per heavy atom. The molecular formula is C32H32F3N. The largest absolute Gasteiger partial charge is 0.205 e. The molecule has 0 N–H and O–H groups in total. The molecule has 1 nitrogen and oxygen atoms in total. The van der Waals surface area contributed by atoms with E-state index in [-0.39, 0.29) is 11.1 Å². The first-order chi connectivity index (χ1) is 17.5. The van der Waals surface area contributed by atoms with E-state index in [9.17, 15) is 8.78 Å². The van der Waals surface area contributed by atoms with Crippen molar-refractivity contribution in [2.24, 2.45) is 11.8 Å². The Hall–Kier alpha value is -3.24. The summed E-state index contributed by atoms with van der Waals surface area (Å²) in [7, 11) is 0. The third-order valence-electron chi connectivity index (χ3n) is 7.54. The highest BCUT2D eigenvalue weighted by atomic mass is 19.1. The van der Waals surface area contributed by atoms with Gasteiger partial charge in [-0.05, 0) is 53.8 Å². The second kappa shape index (κ2) is 12.1. The summed E-state index contributed by atoms with van der Waals surface area (Å²) in [4.78, 5) is 0. The van der Waals surface area contributed by atoms with Crippen LogP contribution >= 0.6 is 0 Å². The number of nitriles is 1. The Bertz CT molecular complexity index is 1290. The molecule has 3 aromatic carbocycles. The summed E-state index contributed by atoms with van der Waals surface area (Å²) < 4.78 is 42.7. The van der Waals surface area contributed by atoms with Crippen molar-refractivity contribution in [3.63, 3.8) is 0 Å². The van der Waals surface area contributed by atoms with Crippen molar-refractivity contribution in [2.75, 3.05) is 0 Å². The van der Waals surface area contributed by atoms with Crippen LogP contribution in [0.3, 0.4) is 0 Å². The average molecular weight is 488 g/mol. The predicted molar refractivity (Wildman–Crippen MR) is 139 cm³/mol. The van der Waals surface area contributed by atoms with Crippen LogP contribution in [0.2, 0.25) is 0 Å². The highest BCUT2D eigenvalue weighted by Crippen LogP contribution is 2.34. The number of halogens is 3. The molecule has 1 saturated carbocycles. The summed E-state index contributed by atoms with van der Waals surface area (Å²) in [5.41, 5.74) is 0.780. The van der Waals surface area contributed by atoms with Crippen LogP contribution < -0.4 is 0 Å². The monoisotopic (exact) mass is 487 g/mol. The van der Waals surface area contributed by atoms with E-state index < -0.39 is 23.0 Å². The van der Waals surface area contributed by atoms with E-state index in [0.29, 0.717) is 5.39 Å². The average Bonchev–Trinajstić information content (AvgIpc) is 2.88. The normalized spacial score (nSPS) is 17.4. The van der Waals surface area contributed by atoms with Gasteiger partial charge in [-0.15, -0.1) is 0 Å². The summed E-state index contributed by atoms with van der Waals surface area (Å²) in [6.45, 7) is 2.26. The quantitative estimate of drug-likeness (QED) is 0.241. The molecule has 1 aliphatic carbocycles. The molecule has 0 heterocycles. The molecule has 0 bridgehead atoms. The molecule has 0 amide bonds. The molecule has 0 atom stereocenters. The Labute approximate surface area is 212 Å².